The second-order valence-electron chi connectivity index (χ2n) is 3.58. The molecule has 0 aliphatic rings. The van der Waals surface area contributed by atoms with E-state index in [1.807, 2.05) is 0 Å². The fourth-order valence-electron chi connectivity index (χ4n) is 1.46. The van der Waals surface area contributed by atoms with Gasteiger partial charge in [-0.05, 0) is 40.3 Å². The van der Waals surface area contributed by atoms with Crippen LogP contribution < -0.4 is 0 Å². The number of halogens is 2. The third-order valence-electron chi connectivity index (χ3n) is 2.33. The molecule has 0 heterocycles. The molecule has 1 rings (SSSR count). The number of methoxy groups -OCH3 is 1. The Balaban J connectivity index is 2.49. The monoisotopic (exact) mass is 353 g/mol. The number of hydrogen-bond donors (Lipinski definition) is 0. The van der Waals surface area contributed by atoms with Crippen LogP contribution in [0.2, 0.25) is 0 Å². The Kier molecular flexibility index (Phi) is 7.36. The Morgan fingerprint density at radius 2 is 1.94 bits per heavy atom. The maximum absolute atomic E-state index is 5.78. The Hall–Kier alpha value is 0.160. The molecular formula is C12H17ClINO. The highest BCUT2D eigenvalue weighted by Crippen LogP contribution is 2.09. The van der Waals surface area contributed by atoms with Gasteiger partial charge >= 0.3 is 0 Å². The molecule has 0 saturated carbocycles. The average molecular weight is 354 g/mol. The quantitative estimate of drug-likeness (QED) is 0.552. The minimum Gasteiger partial charge on any atom is -0.383 e. The summed E-state index contributed by atoms with van der Waals surface area (Å²) in [4.78, 5) is 2.30. The van der Waals surface area contributed by atoms with E-state index in [2.05, 4.69) is 51.8 Å². The molecule has 0 N–H and O–H groups in total. The van der Waals surface area contributed by atoms with E-state index in [9.17, 15) is 0 Å². The van der Waals surface area contributed by atoms with Gasteiger partial charge in [0.2, 0.25) is 0 Å². The summed E-state index contributed by atoms with van der Waals surface area (Å²) in [5.74, 6) is 0.661. The summed E-state index contributed by atoms with van der Waals surface area (Å²) >= 11 is 8.10. The molecule has 0 amide bonds. The summed E-state index contributed by atoms with van der Waals surface area (Å²) in [5, 5.41) is 0. The van der Waals surface area contributed by atoms with Crippen LogP contribution in [0.4, 0.5) is 0 Å². The Morgan fingerprint density at radius 1 is 1.25 bits per heavy atom. The molecule has 0 radical (unpaired) electrons. The SMILES string of the molecule is COCCN(CCCl)Cc1ccc(I)cc1. The van der Waals surface area contributed by atoms with Gasteiger partial charge in [0.05, 0.1) is 6.61 Å². The van der Waals surface area contributed by atoms with Crippen molar-refractivity contribution in [3.63, 3.8) is 0 Å². The van der Waals surface area contributed by atoms with Crippen molar-refractivity contribution in [3.05, 3.63) is 33.4 Å². The van der Waals surface area contributed by atoms with Crippen molar-refractivity contribution in [2.24, 2.45) is 0 Å². The van der Waals surface area contributed by atoms with E-state index in [4.69, 9.17) is 16.3 Å². The average Bonchev–Trinajstić information content (AvgIpc) is 2.29. The van der Waals surface area contributed by atoms with Crippen LogP contribution in [0.5, 0.6) is 0 Å². The molecule has 0 spiro atoms. The van der Waals surface area contributed by atoms with Crippen LogP contribution in [0, 0.1) is 3.57 Å². The number of benzene rings is 1. The van der Waals surface area contributed by atoms with E-state index in [1.54, 1.807) is 7.11 Å². The minimum absolute atomic E-state index is 0.661. The van der Waals surface area contributed by atoms with E-state index in [-0.39, 0.29) is 0 Å². The molecule has 0 aliphatic heterocycles. The summed E-state index contributed by atoms with van der Waals surface area (Å²) in [6, 6.07) is 8.59. The van der Waals surface area contributed by atoms with Gasteiger partial charge in [-0.15, -0.1) is 11.6 Å². The van der Waals surface area contributed by atoms with Gasteiger partial charge in [0, 0.05) is 36.2 Å². The maximum Gasteiger partial charge on any atom is 0.0589 e. The number of rotatable bonds is 7. The highest BCUT2D eigenvalue weighted by molar-refractivity contribution is 14.1. The Bertz CT molecular complexity index is 292. The number of hydrogen-bond acceptors (Lipinski definition) is 2. The maximum atomic E-state index is 5.78. The lowest BCUT2D eigenvalue weighted by molar-refractivity contribution is 0.148. The first-order valence-electron chi connectivity index (χ1n) is 5.28. The van der Waals surface area contributed by atoms with E-state index in [0.29, 0.717) is 5.88 Å². The lowest BCUT2D eigenvalue weighted by Crippen LogP contribution is -2.28. The molecule has 0 saturated heterocycles. The van der Waals surface area contributed by atoms with Crippen molar-refractivity contribution in [1.82, 2.24) is 4.90 Å². The fraction of sp³-hybridized carbons (Fsp3) is 0.500. The summed E-state index contributed by atoms with van der Waals surface area (Å²) in [7, 11) is 1.73. The first kappa shape index (κ1) is 14.2. The zero-order chi connectivity index (χ0) is 11.8. The van der Waals surface area contributed by atoms with Gasteiger partial charge in [0.25, 0.3) is 0 Å². The van der Waals surface area contributed by atoms with Crippen LogP contribution in [0.1, 0.15) is 5.56 Å². The predicted molar refractivity (Wildman–Crippen MR) is 77.0 cm³/mol. The Morgan fingerprint density at radius 3 is 2.50 bits per heavy atom. The highest BCUT2D eigenvalue weighted by Gasteiger charge is 2.04. The van der Waals surface area contributed by atoms with Crippen molar-refractivity contribution in [1.29, 1.82) is 0 Å². The van der Waals surface area contributed by atoms with Crippen LogP contribution in [-0.4, -0.2) is 37.6 Å². The summed E-state index contributed by atoms with van der Waals surface area (Å²) in [6.45, 7) is 3.51. The molecule has 1 aromatic carbocycles. The second-order valence-corrected chi connectivity index (χ2v) is 5.21. The largest absolute Gasteiger partial charge is 0.383 e. The highest BCUT2D eigenvalue weighted by atomic mass is 127. The zero-order valence-electron chi connectivity index (χ0n) is 9.46. The topological polar surface area (TPSA) is 12.5 Å². The molecule has 0 aliphatic carbocycles. The summed E-state index contributed by atoms with van der Waals surface area (Å²) in [5.41, 5.74) is 1.32. The zero-order valence-corrected chi connectivity index (χ0v) is 12.4. The minimum atomic E-state index is 0.661. The van der Waals surface area contributed by atoms with E-state index < -0.39 is 0 Å². The third-order valence-corrected chi connectivity index (χ3v) is 3.22. The fourth-order valence-corrected chi connectivity index (χ4v) is 2.06. The summed E-state index contributed by atoms with van der Waals surface area (Å²) < 4.78 is 6.36. The van der Waals surface area contributed by atoms with Gasteiger partial charge in [0.15, 0.2) is 0 Å². The van der Waals surface area contributed by atoms with Gasteiger partial charge in [0.1, 0.15) is 0 Å². The van der Waals surface area contributed by atoms with Crippen LogP contribution in [0.3, 0.4) is 0 Å². The Labute approximate surface area is 116 Å². The van der Waals surface area contributed by atoms with Gasteiger partial charge in [-0.2, -0.15) is 0 Å². The van der Waals surface area contributed by atoms with Crippen molar-refractivity contribution in [3.8, 4) is 0 Å². The lowest BCUT2D eigenvalue weighted by atomic mass is 10.2. The standard InChI is InChI=1S/C12H17ClINO/c1-16-9-8-15(7-6-13)10-11-2-4-12(14)5-3-11/h2-5H,6-10H2,1H3. The molecular weight excluding hydrogens is 336 g/mol. The van der Waals surface area contributed by atoms with Crippen LogP contribution in [0.15, 0.2) is 24.3 Å². The predicted octanol–water partition coefficient (Wildman–Crippen LogP) is 2.98. The molecule has 0 unspecified atom stereocenters. The van der Waals surface area contributed by atoms with Crippen molar-refractivity contribution >= 4 is 34.2 Å². The van der Waals surface area contributed by atoms with Gasteiger partial charge < -0.3 is 4.74 Å². The molecule has 0 bridgehead atoms. The van der Waals surface area contributed by atoms with Gasteiger partial charge in [-0.1, -0.05) is 12.1 Å². The molecule has 0 aromatic heterocycles. The molecule has 0 fully saturated rings. The number of alkyl halides is 1. The van der Waals surface area contributed by atoms with Crippen LogP contribution >= 0.6 is 34.2 Å². The first-order chi connectivity index (χ1) is 7.76. The molecule has 0 atom stereocenters. The van der Waals surface area contributed by atoms with E-state index >= 15 is 0 Å². The normalized spacial score (nSPS) is 11.0. The first-order valence-corrected chi connectivity index (χ1v) is 6.89. The van der Waals surface area contributed by atoms with Crippen LogP contribution in [0.25, 0.3) is 0 Å². The number of nitrogens with zero attached hydrogens (tertiary/aromatic N) is 1. The molecule has 2 nitrogen and oxygen atoms in total. The van der Waals surface area contributed by atoms with Crippen LogP contribution in [-0.2, 0) is 11.3 Å². The van der Waals surface area contributed by atoms with E-state index in [1.165, 1.54) is 9.13 Å². The molecule has 4 heteroatoms. The van der Waals surface area contributed by atoms with Crippen molar-refractivity contribution in [2.45, 2.75) is 6.54 Å². The number of ether oxygens (including phenoxy) is 1. The van der Waals surface area contributed by atoms with Gasteiger partial charge in [-0.25, -0.2) is 0 Å². The van der Waals surface area contributed by atoms with Gasteiger partial charge in [-0.3, -0.25) is 4.90 Å². The second kappa shape index (κ2) is 8.28. The molecule has 90 valence electrons. The smallest absolute Gasteiger partial charge is 0.0589 e. The summed E-state index contributed by atoms with van der Waals surface area (Å²) in [6.07, 6.45) is 0. The molecule has 16 heavy (non-hydrogen) atoms. The third kappa shape index (κ3) is 5.48. The molecule has 1 aromatic rings. The van der Waals surface area contributed by atoms with Crippen molar-refractivity contribution < 1.29 is 4.74 Å². The lowest BCUT2D eigenvalue weighted by Gasteiger charge is -2.20. The van der Waals surface area contributed by atoms with E-state index in [0.717, 1.165) is 26.2 Å². The van der Waals surface area contributed by atoms with Crippen molar-refractivity contribution in [2.75, 3.05) is 32.7 Å².